The van der Waals surface area contributed by atoms with E-state index in [9.17, 15) is 8.42 Å². The lowest BCUT2D eigenvalue weighted by Crippen LogP contribution is -2.29. The molecule has 0 aliphatic heterocycles. The van der Waals surface area contributed by atoms with Crippen molar-refractivity contribution < 1.29 is 8.42 Å². The molecule has 0 radical (unpaired) electrons. The van der Waals surface area contributed by atoms with Crippen molar-refractivity contribution in [2.45, 2.75) is 6.92 Å². The van der Waals surface area contributed by atoms with E-state index in [2.05, 4.69) is 5.92 Å². The molecule has 0 fully saturated rings. The molecule has 4 heteroatoms. The predicted octanol–water partition coefficient (Wildman–Crippen LogP) is -0.0989. The first-order valence-corrected chi connectivity index (χ1v) is 4.75. The lowest BCUT2D eigenvalue weighted by atomic mass is 10.6. The average molecular weight is 161 g/mol. The molecule has 0 aromatic heterocycles. The van der Waals surface area contributed by atoms with Gasteiger partial charge in [0.25, 0.3) is 0 Å². The predicted molar refractivity (Wildman–Crippen MR) is 40.9 cm³/mol. The number of nitrogens with zero attached hydrogens (tertiary/aromatic N) is 1. The first-order valence-electron chi connectivity index (χ1n) is 2.91. The molecule has 0 heterocycles. The SMILES string of the molecule is C#CCN(CC)S(C)(=O)=O. The molecule has 0 spiro atoms. The van der Waals surface area contributed by atoms with E-state index in [1.54, 1.807) is 6.92 Å². The maximum absolute atomic E-state index is 10.8. The third-order valence-corrected chi connectivity index (χ3v) is 2.41. The highest BCUT2D eigenvalue weighted by molar-refractivity contribution is 7.88. The molecule has 0 aromatic rings. The van der Waals surface area contributed by atoms with Crippen LogP contribution in [0.3, 0.4) is 0 Å². The van der Waals surface area contributed by atoms with Gasteiger partial charge in [-0.25, -0.2) is 8.42 Å². The van der Waals surface area contributed by atoms with Gasteiger partial charge in [-0.15, -0.1) is 6.42 Å². The van der Waals surface area contributed by atoms with Crippen molar-refractivity contribution >= 4 is 10.0 Å². The minimum atomic E-state index is -3.09. The molecule has 0 saturated carbocycles. The van der Waals surface area contributed by atoms with Gasteiger partial charge in [-0.2, -0.15) is 4.31 Å². The summed E-state index contributed by atoms with van der Waals surface area (Å²) in [5, 5.41) is 0. The summed E-state index contributed by atoms with van der Waals surface area (Å²) in [6, 6.07) is 0. The highest BCUT2D eigenvalue weighted by Gasteiger charge is 2.11. The van der Waals surface area contributed by atoms with E-state index >= 15 is 0 Å². The summed E-state index contributed by atoms with van der Waals surface area (Å²) in [7, 11) is -3.09. The van der Waals surface area contributed by atoms with Crippen LogP contribution in [0.4, 0.5) is 0 Å². The molecular weight excluding hydrogens is 150 g/mol. The van der Waals surface area contributed by atoms with Gasteiger partial charge in [0.15, 0.2) is 0 Å². The van der Waals surface area contributed by atoms with E-state index in [-0.39, 0.29) is 6.54 Å². The molecule has 58 valence electrons. The topological polar surface area (TPSA) is 37.4 Å². The Bertz CT molecular complexity index is 225. The third kappa shape index (κ3) is 2.85. The molecule has 0 rings (SSSR count). The van der Waals surface area contributed by atoms with Crippen molar-refractivity contribution in [3.05, 3.63) is 0 Å². The number of hydrogen-bond acceptors (Lipinski definition) is 2. The molecule has 10 heavy (non-hydrogen) atoms. The zero-order valence-electron chi connectivity index (χ0n) is 6.16. The zero-order valence-corrected chi connectivity index (χ0v) is 6.98. The van der Waals surface area contributed by atoms with Crippen molar-refractivity contribution in [3.63, 3.8) is 0 Å². The van der Waals surface area contributed by atoms with Crippen molar-refractivity contribution in [1.29, 1.82) is 0 Å². The minimum absolute atomic E-state index is 0.162. The molecule has 0 bridgehead atoms. The molecular formula is C6H11NO2S. The lowest BCUT2D eigenvalue weighted by molar-refractivity contribution is 0.469. The molecule has 0 unspecified atom stereocenters. The van der Waals surface area contributed by atoms with Crippen LogP contribution in [-0.4, -0.2) is 32.1 Å². The fourth-order valence-corrected chi connectivity index (χ4v) is 1.34. The summed E-state index contributed by atoms with van der Waals surface area (Å²) in [4.78, 5) is 0. The van der Waals surface area contributed by atoms with Crippen LogP contribution < -0.4 is 0 Å². The van der Waals surface area contributed by atoms with E-state index in [1.807, 2.05) is 0 Å². The summed E-state index contributed by atoms with van der Waals surface area (Å²) in [5.74, 6) is 2.27. The Morgan fingerprint density at radius 1 is 1.60 bits per heavy atom. The van der Waals surface area contributed by atoms with Gasteiger partial charge >= 0.3 is 0 Å². The molecule has 0 aliphatic carbocycles. The van der Waals surface area contributed by atoms with Gasteiger partial charge in [-0.05, 0) is 0 Å². The summed E-state index contributed by atoms with van der Waals surface area (Å²) >= 11 is 0. The Labute approximate surface area is 62.1 Å². The van der Waals surface area contributed by atoms with Gasteiger partial charge in [0.05, 0.1) is 12.8 Å². The van der Waals surface area contributed by atoms with Crippen LogP contribution in [0.25, 0.3) is 0 Å². The number of hydrogen-bond donors (Lipinski definition) is 0. The van der Waals surface area contributed by atoms with Gasteiger partial charge in [0, 0.05) is 6.54 Å². The van der Waals surface area contributed by atoms with Crippen LogP contribution in [-0.2, 0) is 10.0 Å². The highest BCUT2D eigenvalue weighted by atomic mass is 32.2. The van der Waals surface area contributed by atoms with Crippen LogP contribution in [0.2, 0.25) is 0 Å². The molecule has 0 amide bonds. The molecule has 0 aromatic carbocycles. The fourth-order valence-electron chi connectivity index (χ4n) is 0.565. The van der Waals surface area contributed by atoms with Crippen LogP contribution in [0.1, 0.15) is 6.92 Å². The van der Waals surface area contributed by atoms with Gasteiger partial charge in [-0.3, -0.25) is 0 Å². The van der Waals surface area contributed by atoms with Gasteiger partial charge in [-0.1, -0.05) is 12.8 Å². The largest absolute Gasteiger partial charge is 0.212 e. The second-order valence-corrected chi connectivity index (χ2v) is 3.88. The lowest BCUT2D eigenvalue weighted by Gasteiger charge is -2.13. The van der Waals surface area contributed by atoms with Gasteiger partial charge in [0.2, 0.25) is 10.0 Å². The maximum atomic E-state index is 10.8. The Hall–Kier alpha value is -0.530. The summed E-state index contributed by atoms with van der Waals surface area (Å²) < 4.78 is 22.8. The Kier molecular flexibility index (Phi) is 3.40. The number of rotatable bonds is 3. The molecule has 0 atom stereocenters. The molecule has 0 aliphatic rings. The van der Waals surface area contributed by atoms with Crippen molar-refractivity contribution in [1.82, 2.24) is 4.31 Å². The molecule has 0 saturated heterocycles. The number of terminal acetylenes is 1. The van der Waals surface area contributed by atoms with E-state index in [4.69, 9.17) is 6.42 Å². The zero-order chi connectivity index (χ0) is 8.20. The Morgan fingerprint density at radius 2 is 2.10 bits per heavy atom. The summed E-state index contributed by atoms with van der Waals surface area (Å²) in [6.45, 7) is 2.34. The summed E-state index contributed by atoms with van der Waals surface area (Å²) in [5.41, 5.74) is 0. The van der Waals surface area contributed by atoms with E-state index < -0.39 is 10.0 Å². The van der Waals surface area contributed by atoms with Crippen LogP contribution in [0.15, 0.2) is 0 Å². The highest BCUT2D eigenvalue weighted by Crippen LogP contribution is 1.94. The second kappa shape index (κ2) is 3.59. The fraction of sp³-hybridized carbons (Fsp3) is 0.667. The Balaban J connectivity index is 4.26. The first kappa shape index (κ1) is 9.47. The summed E-state index contributed by atoms with van der Waals surface area (Å²) in [6.07, 6.45) is 6.09. The van der Waals surface area contributed by atoms with Gasteiger partial charge < -0.3 is 0 Å². The van der Waals surface area contributed by atoms with Crippen molar-refractivity contribution in [2.75, 3.05) is 19.3 Å². The third-order valence-electron chi connectivity index (χ3n) is 1.09. The van der Waals surface area contributed by atoms with Gasteiger partial charge in [0.1, 0.15) is 0 Å². The number of sulfonamides is 1. The van der Waals surface area contributed by atoms with E-state index in [0.717, 1.165) is 6.26 Å². The van der Waals surface area contributed by atoms with Crippen LogP contribution in [0.5, 0.6) is 0 Å². The monoisotopic (exact) mass is 161 g/mol. The van der Waals surface area contributed by atoms with Crippen LogP contribution >= 0.6 is 0 Å². The van der Waals surface area contributed by atoms with Crippen LogP contribution in [0, 0.1) is 12.3 Å². The van der Waals surface area contributed by atoms with E-state index in [1.165, 1.54) is 4.31 Å². The second-order valence-electron chi connectivity index (χ2n) is 1.89. The Morgan fingerprint density at radius 3 is 2.20 bits per heavy atom. The smallest absolute Gasteiger partial charge is 0.212 e. The average Bonchev–Trinajstić information content (AvgIpc) is 1.80. The molecule has 3 nitrogen and oxygen atoms in total. The normalized spacial score (nSPS) is 11.4. The first-order chi connectivity index (χ1) is 4.52. The minimum Gasteiger partial charge on any atom is -0.212 e. The standard InChI is InChI=1S/C6H11NO2S/c1-4-6-7(5-2)10(3,8)9/h1H,5-6H2,2-3H3. The molecule has 0 N–H and O–H groups in total. The quantitative estimate of drug-likeness (QED) is 0.542. The van der Waals surface area contributed by atoms with E-state index in [0.29, 0.717) is 6.54 Å². The maximum Gasteiger partial charge on any atom is 0.212 e. The van der Waals surface area contributed by atoms with Crippen molar-refractivity contribution in [2.24, 2.45) is 0 Å². The van der Waals surface area contributed by atoms with Crippen molar-refractivity contribution in [3.8, 4) is 12.3 Å².